The van der Waals surface area contributed by atoms with Crippen LogP contribution >= 0.6 is 12.4 Å². The van der Waals surface area contributed by atoms with Crippen LogP contribution in [-0.2, 0) is 7.05 Å². The number of halogens is 1. The Balaban J connectivity index is 0.00000176. The SMILES string of the molecule is CC(C)c1cc(C(=O)N2CCC3(CCNC3)CC2)n(C)n1.Cl. The van der Waals surface area contributed by atoms with Gasteiger partial charge in [0.05, 0.1) is 5.69 Å². The average Bonchev–Trinajstić information content (AvgIpc) is 3.06. The molecule has 1 N–H and O–H groups in total. The van der Waals surface area contributed by atoms with Crippen molar-refractivity contribution in [2.24, 2.45) is 12.5 Å². The average molecular weight is 327 g/mol. The van der Waals surface area contributed by atoms with Gasteiger partial charge >= 0.3 is 0 Å². The van der Waals surface area contributed by atoms with E-state index in [4.69, 9.17) is 0 Å². The Kier molecular flexibility index (Phi) is 5.17. The van der Waals surface area contributed by atoms with Crippen LogP contribution in [0.1, 0.15) is 55.2 Å². The highest BCUT2D eigenvalue weighted by atomic mass is 35.5. The molecule has 2 aliphatic heterocycles. The number of hydrogen-bond acceptors (Lipinski definition) is 3. The second-order valence-electron chi connectivity index (χ2n) is 6.95. The normalized spacial score (nSPS) is 20.5. The molecule has 1 aromatic rings. The predicted molar refractivity (Wildman–Crippen MR) is 89.6 cm³/mol. The van der Waals surface area contributed by atoms with Crippen LogP contribution in [0.5, 0.6) is 0 Å². The van der Waals surface area contributed by atoms with Crippen molar-refractivity contribution in [3.8, 4) is 0 Å². The van der Waals surface area contributed by atoms with Gasteiger partial charge in [-0.25, -0.2) is 0 Å². The molecule has 0 saturated carbocycles. The van der Waals surface area contributed by atoms with Crippen LogP contribution in [0.25, 0.3) is 0 Å². The van der Waals surface area contributed by atoms with E-state index in [0.717, 1.165) is 50.4 Å². The van der Waals surface area contributed by atoms with Gasteiger partial charge in [-0.15, -0.1) is 12.4 Å². The van der Waals surface area contributed by atoms with Gasteiger partial charge in [-0.3, -0.25) is 9.48 Å². The summed E-state index contributed by atoms with van der Waals surface area (Å²) in [6.07, 6.45) is 3.51. The van der Waals surface area contributed by atoms with Gasteiger partial charge in [-0.05, 0) is 43.2 Å². The highest BCUT2D eigenvalue weighted by Gasteiger charge is 2.38. The molecule has 0 unspecified atom stereocenters. The van der Waals surface area contributed by atoms with Gasteiger partial charge in [0, 0.05) is 26.7 Å². The summed E-state index contributed by atoms with van der Waals surface area (Å²) in [6.45, 7) is 8.22. The zero-order valence-electron chi connectivity index (χ0n) is 13.8. The second kappa shape index (κ2) is 6.59. The first-order valence-electron chi connectivity index (χ1n) is 8.05. The molecule has 6 heteroatoms. The summed E-state index contributed by atoms with van der Waals surface area (Å²) in [6, 6.07) is 1.95. The Morgan fingerprint density at radius 1 is 1.32 bits per heavy atom. The van der Waals surface area contributed by atoms with Gasteiger partial charge in [0.15, 0.2) is 0 Å². The standard InChI is InChI=1S/C16H26N4O.ClH/c1-12(2)13-10-14(19(3)18-13)15(21)20-8-5-16(6-9-20)4-7-17-11-16;/h10,12,17H,4-9,11H2,1-3H3;1H. The summed E-state index contributed by atoms with van der Waals surface area (Å²) in [5, 5.41) is 7.92. The van der Waals surface area contributed by atoms with E-state index < -0.39 is 0 Å². The van der Waals surface area contributed by atoms with Crippen LogP contribution < -0.4 is 5.32 Å². The Hall–Kier alpha value is -1.07. The molecule has 0 bridgehead atoms. The lowest BCUT2D eigenvalue weighted by atomic mass is 9.78. The van der Waals surface area contributed by atoms with Crippen LogP contribution in [0.15, 0.2) is 6.07 Å². The molecule has 3 rings (SSSR count). The first-order valence-corrected chi connectivity index (χ1v) is 8.05. The van der Waals surface area contributed by atoms with Gasteiger partial charge in [-0.2, -0.15) is 5.10 Å². The fraction of sp³-hybridized carbons (Fsp3) is 0.750. The van der Waals surface area contributed by atoms with Crippen molar-refractivity contribution in [3.63, 3.8) is 0 Å². The van der Waals surface area contributed by atoms with Gasteiger partial charge in [0.25, 0.3) is 5.91 Å². The maximum absolute atomic E-state index is 12.7. The molecule has 0 aromatic carbocycles. The third kappa shape index (κ3) is 3.15. The number of nitrogens with one attached hydrogen (secondary N) is 1. The minimum absolute atomic E-state index is 0. The highest BCUT2D eigenvalue weighted by molar-refractivity contribution is 5.92. The molecule has 124 valence electrons. The molecule has 0 aliphatic carbocycles. The Morgan fingerprint density at radius 3 is 2.50 bits per heavy atom. The number of aromatic nitrogens is 2. The summed E-state index contributed by atoms with van der Waals surface area (Å²) in [7, 11) is 1.87. The molecule has 2 saturated heterocycles. The Labute approximate surface area is 138 Å². The summed E-state index contributed by atoms with van der Waals surface area (Å²) >= 11 is 0. The van der Waals surface area contributed by atoms with E-state index in [1.165, 1.54) is 6.42 Å². The topological polar surface area (TPSA) is 50.2 Å². The second-order valence-corrected chi connectivity index (χ2v) is 6.95. The molecule has 22 heavy (non-hydrogen) atoms. The van der Waals surface area contributed by atoms with Gasteiger partial charge < -0.3 is 10.2 Å². The van der Waals surface area contributed by atoms with E-state index in [9.17, 15) is 4.79 Å². The van der Waals surface area contributed by atoms with Crippen LogP contribution in [0.4, 0.5) is 0 Å². The lowest BCUT2D eigenvalue weighted by molar-refractivity contribution is 0.0597. The number of nitrogens with zero attached hydrogens (tertiary/aromatic N) is 3. The molecular formula is C16H27ClN4O. The third-order valence-electron chi connectivity index (χ3n) is 5.15. The molecule has 1 amide bonds. The number of carbonyl (C=O) groups is 1. The van der Waals surface area contributed by atoms with E-state index in [-0.39, 0.29) is 18.3 Å². The first-order chi connectivity index (χ1) is 10.0. The summed E-state index contributed by atoms with van der Waals surface area (Å²) in [4.78, 5) is 14.7. The fourth-order valence-electron chi connectivity index (χ4n) is 3.54. The minimum atomic E-state index is 0. The number of hydrogen-bond donors (Lipinski definition) is 1. The van der Waals surface area contributed by atoms with Gasteiger partial charge in [0.1, 0.15) is 5.69 Å². The minimum Gasteiger partial charge on any atom is -0.337 e. The quantitative estimate of drug-likeness (QED) is 0.906. The van der Waals surface area contributed by atoms with Crippen molar-refractivity contribution in [1.29, 1.82) is 0 Å². The maximum atomic E-state index is 12.7. The van der Waals surface area contributed by atoms with Crippen molar-refractivity contribution >= 4 is 18.3 Å². The number of carbonyl (C=O) groups excluding carboxylic acids is 1. The van der Waals surface area contributed by atoms with E-state index in [1.807, 2.05) is 18.0 Å². The maximum Gasteiger partial charge on any atom is 0.272 e. The van der Waals surface area contributed by atoms with Gasteiger partial charge in [0.2, 0.25) is 0 Å². The predicted octanol–water partition coefficient (Wildman–Crippen LogP) is 2.18. The molecule has 0 radical (unpaired) electrons. The Bertz CT molecular complexity index is 524. The van der Waals surface area contributed by atoms with Crippen LogP contribution in [0.2, 0.25) is 0 Å². The molecule has 2 aliphatic rings. The number of rotatable bonds is 2. The van der Waals surface area contributed by atoms with Gasteiger partial charge in [-0.1, -0.05) is 13.8 Å². The summed E-state index contributed by atoms with van der Waals surface area (Å²) < 4.78 is 1.74. The van der Waals surface area contributed by atoms with Crippen LogP contribution in [0, 0.1) is 5.41 Å². The molecule has 2 fully saturated rings. The molecule has 3 heterocycles. The van der Waals surface area contributed by atoms with Crippen molar-refractivity contribution < 1.29 is 4.79 Å². The lowest BCUT2D eigenvalue weighted by Crippen LogP contribution is -2.44. The Morgan fingerprint density at radius 2 is 2.00 bits per heavy atom. The zero-order valence-corrected chi connectivity index (χ0v) is 14.6. The number of piperidine rings is 1. The van der Waals surface area contributed by atoms with E-state index >= 15 is 0 Å². The van der Waals surface area contributed by atoms with Crippen molar-refractivity contribution in [2.75, 3.05) is 26.2 Å². The largest absolute Gasteiger partial charge is 0.337 e. The smallest absolute Gasteiger partial charge is 0.272 e. The fourth-order valence-corrected chi connectivity index (χ4v) is 3.54. The molecule has 5 nitrogen and oxygen atoms in total. The molecule has 1 aromatic heterocycles. The van der Waals surface area contributed by atoms with Crippen molar-refractivity contribution in [1.82, 2.24) is 20.0 Å². The molecular weight excluding hydrogens is 300 g/mol. The zero-order chi connectivity index (χ0) is 15.0. The number of likely N-dealkylation sites (tertiary alicyclic amines) is 1. The third-order valence-corrected chi connectivity index (χ3v) is 5.15. The van der Waals surface area contributed by atoms with E-state index in [0.29, 0.717) is 11.3 Å². The van der Waals surface area contributed by atoms with Crippen molar-refractivity contribution in [2.45, 2.75) is 39.0 Å². The van der Waals surface area contributed by atoms with Crippen LogP contribution in [-0.4, -0.2) is 46.8 Å². The first kappa shape index (κ1) is 17.3. The number of amides is 1. The summed E-state index contributed by atoms with van der Waals surface area (Å²) in [5.74, 6) is 0.490. The van der Waals surface area contributed by atoms with E-state index in [1.54, 1.807) is 4.68 Å². The number of aryl methyl sites for hydroxylation is 1. The van der Waals surface area contributed by atoms with Crippen LogP contribution in [0.3, 0.4) is 0 Å². The van der Waals surface area contributed by atoms with E-state index in [2.05, 4.69) is 24.3 Å². The molecule has 1 spiro atoms. The monoisotopic (exact) mass is 326 g/mol. The highest BCUT2D eigenvalue weighted by Crippen LogP contribution is 2.37. The molecule has 0 atom stereocenters. The summed E-state index contributed by atoms with van der Waals surface area (Å²) in [5.41, 5.74) is 2.17. The van der Waals surface area contributed by atoms with Crippen molar-refractivity contribution in [3.05, 3.63) is 17.5 Å². The lowest BCUT2D eigenvalue weighted by Gasteiger charge is -2.38.